The summed E-state index contributed by atoms with van der Waals surface area (Å²) in [6.07, 6.45) is 2.15. The number of esters is 1. The molecule has 2 rings (SSSR count). The lowest BCUT2D eigenvalue weighted by Crippen LogP contribution is -2.20. The third-order valence-corrected chi connectivity index (χ3v) is 2.34. The van der Waals surface area contributed by atoms with Gasteiger partial charge in [-0.3, -0.25) is 0 Å². The molecule has 0 aromatic heterocycles. The number of fused-ring (bicyclic) bond motifs is 2. The van der Waals surface area contributed by atoms with Crippen LogP contribution in [0.15, 0.2) is 23.3 Å². The molecule has 15 heavy (non-hydrogen) atoms. The van der Waals surface area contributed by atoms with Gasteiger partial charge in [-0.05, 0) is 6.92 Å². The largest absolute Gasteiger partial charge is 0.478 e. The molecule has 0 spiro atoms. The van der Waals surface area contributed by atoms with E-state index < -0.39 is 24.1 Å². The van der Waals surface area contributed by atoms with E-state index in [1.54, 1.807) is 19.1 Å². The number of aliphatic carboxylic acids is 1. The summed E-state index contributed by atoms with van der Waals surface area (Å²) in [5.74, 6) is -1.73. The quantitative estimate of drug-likeness (QED) is 0.534. The fourth-order valence-electron chi connectivity index (χ4n) is 1.76. The highest BCUT2D eigenvalue weighted by molar-refractivity contribution is 6.03. The molecule has 0 aliphatic carbocycles. The molecule has 2 heterocycles. The summed E-state index contributed by atoms with van der Waals surface area (Å²) in [5, 5.41) is 8.94. The van der Waals surface area contributed by atoms with Crippen molar-refractivity contribution in [1.29, 1.82) is 0 Å². The van der Waals surface area contributed by atoms with Gasteiger partial charge in [0.1, 0.15) is 12.2 Å². The summed E-state index contributed by atoms with van der Waals surface area (Å²) < 4.78 is 10.0. The van der Waals surface area contributed by atoms with Gasteiger partial charge in [-0.25, -0.2) is 9.59 Å². The van der Waals surface area contributed by atoms with Crippen molar-refractivity contribution >= 4 is 11.9 Å². The Morgan fingerprint density at radius 2 is 2.00 bits per heavy atom. The van der Waals surface area contributed by atoms with E-state index in [1.165, 1.54) is 0 Å². The second kappa shape index (κ2) is 3.51. The molecule has 5 nitrogen and oxygen atoms in total. The van der Waals surface area contributed by atoms with Crippen molar-refractivity contribution in [2.24, 2.45) is 0 Å². The van der Waals surface area contributed by atoms with Crippen LogP contribution in [0, 0.1) is 0 Å². The summed E-state index contributed by atoms with van der Waals surface area (Å²) in [4.78, 5) is 22.4. The van der Waals surface area contributed by atoms with Gasteiger partial charge in [0.15, 0.2) is 0 Å². The molecule has 2 atom stereocenters. The molecule has 0 aromatic carbocycles. The van der Waals surface area contributed by atoms with E-state index in [2.05, 4.69) is 0 Å². The number of hydrogen-bond donors (Lipinski definition) is 1. The molecule has 5 heteroatoms. The second-order valence-corrected chi connectivity index (χ2v) is 3.22. The lowest BCUT2D eigenvalue weighted by molar-refractivity contribution is -0.140. The SMILES string of the molecule is CCOC(=O)C1=C(C(=O)O)C2C=CC1O2. The summed E-state index contributed by atoms with van der Waals surface area (Å²) in [6, 6.07) is 0. The van der Waals surface area contributed by atoms with Gasteiger partial charge >= 0.3 is 11.9 Å². The Kier molecular flexibility index (Phi) is 2.32. The normalized spacial score (nSPS) is 27.3. The molecular formula is C10H10O5. The summed E-state index contributed by atoms with van der Waals surface area (Å²) in [6.45, 7) is 1.89. The van der Waals surface area contributed by atoms with Crippen molar-refractivity contribution < 1.29 is 24.2 Å². The van der Waals surface area contributed by atoms with Crippen LogP contribution in [0.3, 0.4) is 0 Å². The first-order valence-corrected chi connectivity index (χ1v) is 4.63. The summed E-state index contributed by atoms with van der Waals surface area (Å²) in [7, 11) is 0. The first-order valence-electron chi connectivity index (χ1n) is 4.63. The maximum absolute atomic E-state index is 11.5. The molecule has 2 aliphatic heterocycles. The van der Waals surface area contributed by atoms with Crippen molar-refractivity contribution in [1.82, 2.24) is 0 Å². The van der Waals surface area contributed by atoms with Crippen LogP contribution in [0.25, 0.3) is 0 Å². The third-order valence-electron chi connectivity index (χ3n) is 2.34. The highest BCUT2D eigenvalue weighted by Crippen LogP contribution is 2.35. The van der Waals surface area contributed by atoms with Crippen molar-refractivity contribution in [3.05, 3.63) is 23.3 Å². The predicted octanol–water partition coefficient (Wildman–Crippen LogP) is 0.268. The zero-order chi connectivity index (χ0) is 11.0. The Labute approximate surface area is 86.0 Å². The van der Waals surface area contributed by atoms with Crippen LogP contribution in [-0.4, -0.2) is 35.9 Å². The lowest BCUT2D eigenvalue weighted by atomic mass is 9.97. The van der Waals surface area contributed by atoms with Gasteiger partial charge in [0, 0.05) is 0 Å². The number of carbonyl (C=O) groups is 2. The molecule has 0 aromatic rings. The van der Waals surface area contributed by atoms with Gasteiger partial charge in [0.05, 0.1) is 17.8 Å². The number of carboxylic acids is 1. The standard InChI is InChI=1S/C10H10O5/c1-2-14-10(13)8-6-4-3-5(15-6)7(8)9(11)12/h3-6H,2H2,1H3,(H,11,12). The van der Waals surface area contributed by atoms with Gasteiger partial charge in [-0.1, -0.05) is 12.2 Å². The molecule has 0 saturated heterocycles. The van der Waals surface area contributed by atoms with Crippen molar-refractivity contribution in [2.75, 3.05) is 6.61 Å². The highest BCUT2D eigenvalue weighted by Gasteiger charge is 2.43. The van der Waals surface area contributed by atoms with Gasteiger partial charge in [-0.2, -0.15) is 0 Å². The fourth-order valence-corrected chi connectivity index (χ4v) is 1.76. The van der Waals surface area contributed by atoms with Crippen molar-refractivity contribution in [3.8, 4) is 0 Å². The van der Waals surface area contributed by atoms with E-state index in [4.69, 9.17) is 14.6 Å². The molecule has 0 radical (unpaired) electrons. The molecule has 2 aliphatic rings. The first kappa shape index (κ1) is 9.92. The molecule has 1 N–H and O–H groups in total. The van der Waals surface area contributed by atoms with E-state index >= 15 is 0 Å². The molecular weight excluding hydrogens is 200 g/mol. The van der Waals surface area contributed by atoms with E-state index in [9.17, 15) is 9.59 Å². The fraction of sp³-hybridized carbons (Fsp3) is 0.400. The zero-order valence-electron chi connectivity index (χ0n) is 8.10. The van der Waals surface area contributed by atoms with Crippen molar-refractivity contribution in [3.63, 3.8) is 0 Å². The van der Waals surface area contributed by atoms with Crippen molar-refractivity contribution in [2.45, 2.75) is 19.1 Å². The van der Waals surface area contributed by atoms with Gasteiger partial charge < -0.3 is 14.6 Å². The monoisotopic (exact) mass is 210 g/mol. The minimum absolute atomic E-state index is 0.000880. The third kappa shape index (κ3) is 1.45. The predicted molar refractivity (Wildman–Crippen MR) is 49.1 cm³/mol. The zero-order valence-corrected chi connectivity index (χ0v) is 8.10. The Morgan fingerprint density at radius 1 is 1.40 bits per heavy atom. The maximum Gasteiger partial charge on any atom is 0.337 e. The van der Waals surface area contributed by atoms with Crippen LogP contribution < -0.4 is 0 Å². The van der Waals surface area contributed by atoms with Crippen LogP contribution in [0.4, 0.5) is 0 Å². The Hall–Kier alpha value is -1.62. The van der Waals surface area contributed by atoms with Gasteiger partial charge in [0.2, 0.25) is 0 Å². The Balaban J connectivity index is 2.34. The van der Waals surface area contributed by atoms with E-state index in [0.717, 1.165) is 0 Å². The van der Waals surface area contributed by atoms with E-state index in [0.29, 0.717) is 0 Å². The molecule has 0 amide bonds. The number of ether oxygens (including phenoxy) is 2. The Bertz CT molecular complexity index is 379. The number of rotatable bonds is 3. The summed E-state index contributed by atoms with van der Waals surface area (Å²) in [5.41, 5.74) is 0.123. The molecule has 2 unspecified atom stereocenters. The second-order valence-electron chi connectivity index (χ2n) is 3.22. The number of carbonyl (C=O) groups excluding carboxylic acids is 1. The smallest absolute Gasteiger partial charge is 0.337 e. The van der Waals surface area contributed by atoms with Crippen LogP contribution in [-0.2, 0) is 19.1 Å². The lowest BCUT2D eigenvalue weighted by Gasteiger charge is -2.08. The average Bonchev–Trinajstić information content (AvgIpc) is 2.76. The van der Waals surface area contributed by atoms with Crippen LogP contribution >= 0.6 is 0 Å². The minimum atomic E-state index is -1.13. The van der Waals surface area contributed by atoms with E-state index in [-0.39, 0.29) is 17.8 Å². The molecule has 80 valence electrons. The van der Waals surface area contributed by atoms with Gasteiger partial charge in [0.25, 0.3) is 0 Å². The number of hydrogen-bond acceptors (Lipinski definition) is 4. The molecule has 0 fully saturated rings. The Morgan fingerprint density at radius 3 is 2.53 bits per heavy atom. The van der Waals surface area contributed by atoms with Crippen LogP contribution in [0.2, 0.25) is 0 Å². The summed E-state index contributed by atoms with van der Waals surface area (Å²) >= 11 is 0. The maximum atomic E-state index is 11.5. The molecule has 2 bridgehead atoms. The molecule has 0 saturated carbocycles. The number of carboxylic acid groups (broad SMARTS) is 1. The average molecular weight is 210 g/mol. The topological polar surface area (TPSA) is 72.8 Å². The van der Waals surface area contributed by atoms with Crippen LogP contribution in [0.1, 0.15) is 6.92 Å². The minimum Gasteiger partial charge on any atom is -0.478 e. The van der Waals surface area contributed by atoms with Crippen LogP contribution in [0.5, 0.6) is 0 Å². The van der Waals surface area contributed by atoms with Gasteiger partial charge in [-0.15, -0.1) is 0 Å². The highest BCUT2D eigenvalue weighted by atomic mass is 16.5. The first-order chi connectivity index (χ1) is 7.15. The van der Waals surface area contributed by atoms with E-state index in [1.807, 2.05) is 0 Å².